The molecule has 0 radical (unpaired) electrons. The van der Waals surface area contributed by atoms with E-state index >= 15 is 0 Å². The summed E-state index contributed by atoms with van der Waals surface area (Å²) in [5.41, 5.74) is 0.923. The number of nitrogens with zero attached hydrogens (tertiary/aromatic N) is 4. The van der Waals surface area contributed by atoms with E-state index in [9.17, 15) is 4.79 Å². The number of ether oxygens (including phenoxy) is 1. The zero-order valence-corrected chi connectivity index (χ0v) is 17.8. The SMILES string of the molecule is COc1ccccc1-c1nnc(SCC(=O)Nc2nccs2)n1C1CCCCC1. The molecule has 0 bridgehead atoms. The molecular formula is C20H23N5O2S2. The molecule has 4 rings (SSSR count). The fraction of sp³-hybridized carbons (Fsp3) is 0.400. The number of thioether (sulfide) groups is 1. The molecule has 0 unspecified atom stereocenters. The molecule has 1 N–H and O–H groups in total. The zero-order chi connectivity index (χ0) is 20.1. The number of carbonyl (C=O) groups excluding carboxylic acids is 1. The average Bonchev–Trinajstić information content (AvgIpc) is 3.42. The van der Waals surface area contributed by atoms with Gasteiger partial charge >= 0.3 is 0 Å². The van der Waals surface area contributed by atoms with Crippen LogP contribution in [0.4, 0.5) is 5.13 Å². The number of thiazole rings is 1. The van der Waals surface area contributed by atoms with E-state index in [-0.39, 0.29) is 11.7 Å². The van der Waals surface area contributed by atoms with Crippen LogP contribution < -0.4 is 10.1 Å². The van der Waals surface area contributed by atoms with Crippen molar-refractivity contribution in [1.82, 2.24) is 19.7 Å². The number of amides is 1. The van der Waals surface area contributed by atoms with Gasteiger partial charge in [-0.15, -0.1) is 21.5 Å². The Bertz CT molecular complexity index is 952. The number of carbonyl (C=O) groups is 1. The van der Waals surface area contributed by atoms with Gasteiger partial charge in [0.15, 0.2) is 16.1 Å². The van der Waals surface area contributed by atoms with E-state index in [1.54, 1.807) is 13.3 Å². The molecule has 0 aliphatic heterocycles. The molecule has 0 saturated heterocycles. The quantitative estimate of drug-likeness (QED) is 0.551. The highest BCUT2D eigenvalue weighted by molar-refractivity contribution is 7.99. The predicted octanol–water partition coefficient (Wildman–Crippen LogP) is 4.65. The standard InChI is InChI=1S/C20H23N5O2S2/c1-27-16-10-6-5-9-15(16)18-23-24-20(25(18)14-7-3-2-4-8-14)29-13-17(26)22-19-21-11-12-28-19/h5-6,9-12,14H,2-4,7-8,13H2,1H3,(H,21,22,26). The van der Waals surface area contributed by atoms with Crippen LogP contribution in [0.1, 0.15) is 38.1 Å². The van der Waals surface area contributed by atoms with Gasteiger partial charge in [0.2, 0.25) is 5.91 Å². The first kappa shape index (κ1) is 19.9. The lowest BCUT2D eigenvalue weighted by molar-refractivity contribution is -0.113. The Morgan fingerprint density at radius 2 is 2.10 bits per heavy atom. The van der Waals surface area contributed by atoms with E-state index in [1.807, 2.05) is 29.6 Å². The molecular weight excluding hydrogens is 406 g/mol. The summed E-state index contributed by atoms with van der Waals surface area (Å²) >= 11 is 2.82. The van der Waals surface area contributed by atoms with Crippen LogP contribution in [0.5, 0.6) is 5.75 Å². The summed E-state index contributed by atoms with van der Waals surface area (Å²) in [5, 5.41) is 15.0. The Hall–Kier alpha value is -2.39. The smallest absolute Gasteiger partial charge is 0.236 e. The van der Waals surface area contributed by atoms with Crippen molar-refractivity contribution in [3.05, 3.63) is 35.8 Å². The van der Waals surface area contributed by atoms with Crippen LogP contribution in [0, 0.1) is 0 Å². The van der Waals surface area contributed by atoms with Gasteiger partial charge in [0.05, 0.1) is 18.4 Å². The summed E-state index contributed by atoms with van der Waals surface area (Å²) in [6.07, 6.45) is 7.53. The molecule has 0 spiro atoms. The van der Waals surface area contributed by atoms with Gasteiger partial charge in [-0.3, -0.25) is 9.36 Å². The highest BCUT2D eigenvalue weighted by Crippen LogP contribution is 2.38. The lowest BCUT2D eigenvalue weighted by Gasteiger charge is -2.26. The van der Waals surface area contributed by atoms with Crippen molar-refractivity contribution in [2.45, 2.75) is 43.3 Å². The van der Waals surface area contributed by atoms with Crippen LogP contribution in [0.15, 0.2) is 41.0 Å². The van der Waals surface area contributed by atoms with E-state index in [4.69, 9.17) is 4.74 Å². The second-order valence-corrected chi connectivity index (χ2v) is 8.68. The Labute approximate surface area is 177 Å². The zero-order valence-electron chi connectivity index (χ0n) is 16.2. The van der Waals surface area contributed by atoms with Crippen molar-refractivity contribution in [2.75, 3.05) is 18.2 Å². The molecule has 1 saturated carbocycles. The molecule has 152 valence electrons. The number of benzene rings is 1. The van der Waals surface area contributed by atoms with Crippen molar-refractivity contribution in [1.29, 1.82) is 0 Å². The van der Waals surface area contributed by atoms with E-state index in [0.29, 0.717) is 11.2 Å². The second-order valence-electron chi connectivity index (χ2n) is 6.84. The molecule has 1 aromatic carbocycles. The predicted molar refractivity (Wildman–Crippen MR) is 116 cm³/mol. The lowest BCUT2D eigenvalue weighted by atomic mass is 9.95. The van der Waals surface area contributed by atoms with Crippen LogP contribution in [0.25, 0.3) is 11.4 Å². The number of hydrogen-bond donors (Lipinski definition) is 1. The number of nitrogens with one attached hydrogen (secondary N) is 1. The summed E-state index contributed by atoms with van der Waals surface area (Å²) in [5.74, 6) is 1.74. The van der Waals surface area contributed by atoms with E-state index in [2.05, 4.69) is 25.1 Å². The molecule has 3 aromatic rings. The number of rotatable bonds is 7. The maximum atomic E-state index is 12.3. The number of para-hydroxylation sites is 1. The largest absolute Gasteiger partial charge is 0.496 e. The summed E-state index contributed by atoms with van der Waals surface area (Å²) in [6, 6.07) is 8.20. The third-order valence-corrected chi connectivity index (χ3v) is 6.59. The summed E-state index contributed by atoms with van der Waals surface area (Å²) < 4.78 is 7.76. The number of hydrogen-bond acceptors (Lipinski definition) is 7. The van der Waals surface area contributed by atoms with E-state index < -0.39 is 0 Å². The summed E-state index contributed by atoms with van der Waals surface area (Å²) in [4.78, 5) is 16.4. The number of aromatic nitrogens is 4. The maximum Gasteiger partial charge on any atom is 0.236 e. The number of methoxy groups -OCH3 is 1. The fourth-order valence-electron chi connectivity index (χ4n) is 3.63. The molecule has 1 aliphatic carbocycles. The Balaban J connectivity index is 1.59. The molecule has 1 aliphatic rings. The van der Waals surface area contributed by atoms with Crippen molar-refractivity contribution in [3.8, 4) is 17.1 Å². The van der Waals surface area contributed by atoms with Crippen molar-refractivity contribution >= 4 is 34.1 Å². The first-order chi connectivity index (χ1) is 14.3. The normalized spacial score (nSPS) is 14.7. The third-order valence-electron chi connectivity index (χ3n) is 4.96. The first-order valence-electron chi connectivity index (χ1n) is 9.66. The minimum Gasteiger partial charge on any atom is -0.496 e. The van der Waals surface area contributed by atoms with E-state index in [1.165, 1.54) is 42.4 Å². The fourth-order valence-corrected chi connectivity index (χ4v) is 4.98. The van der Waals surface area contributed by atoms with Gasteiger partial charge in [0.25, 0.3) is 0 Å². The minimum atomic E-state index is -0.0954. The monoisotopic (exact) mass is 429 g/mol. The van der Waals surface area contributed by atoms with Crippen LogP contribution in [-0.2, 0) is 4.79 Å². The van der Waals surface area contributed by atoms with Crippen LogP contribution >= 0.6 is 23.1 Å². The topological polar surface area (TPSA) is 81.9 Å². The Kier molecular flexibility index (Phi) is 6.46. The van der Waals surface area contributed by atoms with Gasteiger partial charge in [-0.1, -0.05) is 43.2 Å². The summed E-state index contributed by atoms with van der Waals surface area (Å²) in [7, 11) is 1.67. The van der Waals surface area contributed by atoms with Crippen molar-refractivity contribution in [3.63, 3.8) is 0 Å². The highest BCUT2D eigenvalue weighted by atomic mass is 32.2. The van der Waals surface area contributed by atoms with Crippen molar-refractivity contribution < 1.29 is 9.53 Å². The highest BCUT2D eigenvalue weighted by Gasteiger charge is 2.25. The Morgan fingerprint density at radius 3 is 2.86 bits per heavy atom. The second kappa shape index (κ2) is 9.41. The molecule has 2 heterocycles. The van der Waals surface area contributed by atoms with E-state index in [0.717, 1.165) is 35.1 Å². The molecule has 29 heavy (non-hydrogen) atoms. The van der Waals surface area contributed by atoms with Crippen LogP contribution in [0.3, 0.4) is 0 Å². The Morgan fingerprint density at radius 1 is 1.28 bits per heavy atom. The lowest BCUT2D eigenvalue weighted by Crippen LogP contribution is -2.17. The van der Waals surface area contributed by atoms with Gasteiger partial charge in [0, 0.05) is 17.6 Å². The average molecular weight is 430 g/mol. The van der Waals surface area contributed by atoms with Gasteiger partial charge in [0.1, 0.15) is 5.75 Å². The minimum absolute atomic E-state index is 0.0954. The molecule has 1 fully saturated rings. The molecule has 1 amide bonds. The number of anilines is 1. The molecule has 7 nitrogen and oxygen atoms in total. The van der Waals surface area contributed by atoms with Crippen LogP contribution in [0.2, 0.25) is 0 Å². The van der Waals surface area contributed by atoms with Gasteiger partial charge in [-0.2, -0.15) is 0 Å². The van der Waals surface area contributed by atoms with Gasteiger partial charge < -0.3 is 10.1 Å². The maximum absolute atomic E-state index is 12.3. The van der Waals surface area contributed by atoms with Gasteiger partial charge in [-0.05, 0) is 25.0 Å². The molecule has 9 heteroatoms. The van der Waals surface area contributed by atoms with Crippen molar-refractivity contribution in [2.24, 2.45) is 0 Å². The molecule has 0 atom stereocenters. The van der Waals surface area contributed by atoms with Crippen LogP contribution in [-0.4, -0.2) is 38.5 Å². The molecule has 2 aromatic heterocycles. The third kappa shape index (κ3) is 4.62. The summed E-state index contributed by atoms with van der Waals surface area (Å²) in [6.45, 7) is 0. The van der Waals surface area contributed by atoms with Gasteiger partial charge in [-0.25, -0.2) is 4.98 Å². The first-order valence-corrected chi connectivity index (χ1v) is 11.5.